The zero-order valence-electron chi connectivity index (χ0n) is 20.2. The fourth-order valence-electron chi connectivity index (χ4n) is 4.21. The number of halogens is 1. The number of ether oxygens (including phenoxy) is 2. The minimum atomic E-state index is -3.69. The highest BCUT2D eigenvalue weighted by Gasteiger charge is 2.26. The molecule has 37 heavy (non-hydrogen) atoms. The van der Waals surface area contributed by atoms with Gasteiger partial charge in [0, 0.05) is 25.7 Å². The fraction of sp³-hybridized carbons (Fsp3) is 0.458. The van der Waals surface area contributed by atoms with Crippen molar-refractivity contribution in [2.45, 2.75) is 48.1 Å². The van der Waals surface area contributed by atoms with Crippen LogP contribution in [0.5, 0.6) is 5.75 Å². The molecule has 0 radical (unpaired) electrons. The van der Waals surface area contributed by atoms with Gasteiger partial charge in [-0.3, -0.25) is 4.79 Å². The number of carbonyl (C=O) groups excluding carboxylic acids is 1. The van der Waals surface area contributed by atoms with Crippen molar-refractivity contribution in [2.75, 3.05) is 32.9 Å². The van der Waals surface area contributed by atoms with E-state index in [0.29, 0.717) is 26.3 Å². The second kappa shape index (κ2) is 12.1. The predicted molar refractivity (Wildman–Crippen MR) is 137 cm³/mol. The molecule has 10 nitrogen and oxygen atoms in total. The summed E-state index contributed by atoms with van der Waals surface area (Å²) >= 11 is 6.21. The van der Waals surface area contributed by atoms with Crippen LogP contribution in [-0.4, -0.2) is 66.0 Å². The summed E-state index contributed by atoms with van der Waals surface area (Å²) in [5.41, 5.74) is 0.719. The van der Waals surface area contributed by atoms with E-state index in [4.69, 9.17) is 21.1 Å². The van der Waals surface area contributed by atoms with Gasteiger partial charge in [-0.15, -0.1) is 0 Å². The number of hydrogen-bond acceptors (Lipinski definition) is 7. The van der Waals surface area contributed by atoms with Gasteiger partial charge in [-0.2, -0.15) is 4.31 Å². The summed E-state index contributed by atoms with van der Waals surface area (Å²) in [6.45, 7) is 1.24. The van der Waals surface area contributed by atoms with E-state index in [-0.39, 0.29) is 39.8 Å². The molecule has 1 heterocycles. The molecule has 13 heteroatoms. The smallest absolute Gasteiger partial charge is 0.258 e. The molecule has 0 spiro atoms. The van der Waals surface area contributed by atoms with Gasteiger partial charge >= 0.3 is 0 Å². The summed E-state index contributed by atoms with van der Waals surface area (Å²) in [6, 6.07) is 10.4. The third kappa shape index (κ3) is 7.21. The first-order valence-electron chi connectivity index (χ1n) is 12.0. The Hall–Kier alpha value is -2.22. The average Bonchev–Trinajstić information content (AvgIpc) is 3.40. The summed E-state index contributed by atoms with van der Waals surface area (Å²) in [7, 11) is -7.27. The Kier molecular flexibility index (Phi) is 9.09. The lowest BCUT2D eigenvalue weighted by molar-refractivity contribution is -0.123. The van der Waals surface area contributed by atoms with Crippen LogP contribution in [0, 0.1) is 0 Å². The normalized spacial score (nSPS) is 17.5. The van der Waals surface area contributed by atoms with E-state index in [9.17, 15) is 21.6 Å². The number of amides is 1. The van der Waals surface area contributed by atoms with E-state index in [1.807, 2.05) is 0 Å². The Morgan fingerprint density at radius 2 is 1.65 bits per heavy atom. The zero-order chi connectivity index (χ0) is 26.5. The van der Waals surface area contributed by atoms with E-state index in [0.717, 1.165) is 31.2 Å². The van der Waals surface area contributed by atoms with Crippen LogP contribution in [0.3, 0.4) is 0 Å². The van der Waals surface area contributed by atoms with E-state index in [2.05, 4.69) is 10.0 Å². The molecule has 1 amide bonds. The van der Waals surface area contributed by atoms with Crippen LogP contribution < -0.4 is 14.8 Å². The van der Waals surface area contributed by atoms with E-state index in [1.54, 1.807) is 12.1 Å². The maximum atomic E-state index is 12.7. The Morgan fingerprint density at radius 3 is 2.30 bits per heavy atom. The first kappa shape index (κ1) is 27.8. The number of nitrogens with zero attached hydrogens (tertiary/aromatic N) is 1. The number of nitrogens with one attached hydrogen (secondary N) is 2. The second-order valence-electron chi connectivity index (χ2n) is 8.92. The minimum absolute atomic E-state index is 0.0419. The fourth-order valence-corrected chi connectivity index (χ4v) is 7.25. The SMILES string of the molecule is O=C(COc1ccc(S(=O)(=O)NC2CCCC2)cc1Cl)NCc1ccc(S(=O)(=O)N2CCOCC2)cc1. The van der Waals surface area contributed by atoms with Crippen molar-refractivity contribution in [3.63, 3.8) is 0 Å². The van der Waals surface area contributed by atoms with Crippen molar-refractivity contribution in [3.8, 4) is 5.75 Å². The molecule has 0 aromatic heterocycles. The van der Waals surface area contributed by atoms with Crippen LogP contribution in [-0.2, 0) is 36.1 Å². The number of morpholine rings is 1. The van der Waals surface area contributed by atoms with Crippen molar-refractivity contribution in [3.05, 3.63) is 53.1 Å². The molecule has 2 aromatic carbocycles. The molecular weight excluding hydrogens is 542 g/mol. The van der Waals surface area contributed by atoms with Gasteiger partial charge < -0.3 is 14.8 Å². The van der Waals surface area contributed by atoms with E-state index < -0.39 is 26.0 Å². The lowest BCUT2D eigenvalue weighted by Gasteiger charge is -2.26. The highest BCUT2D eigenvalue weighted by atomic mass is 35.5. The summed E-state index contributed by atoms with van der Waals surface area (Å²) in [5, 5.41) is 2.78. The molecule has 0 atom stereocenters. The monoisotopic (exact) mass is 571 g/mol. The Balaban J connectivity index is 1.26. The van der Waals surface area contributed by atoms with Gasteiger partial charge in [0.25, 0.3) is 5.91 Å². The molecule has 1 saturated heterocycles. The molecule has 2 aliphatic rings. The number of sulfonamides is 2. The highest BCUT2D eigenvalue weighted by Crippen LogP contribution is 2.28. The first-order valence-corrected chi connectivity index (χ1v) is 15.3. The number of benzene rings is 2. The van der Waals surface area contributed by atoms with Crippen LogP contribution in [0.25, 0.3) is 0 Å². The molecule has 2 aromatic rings. The van der Waals surface area contributed by atoms with Gasteiger partial charge in [-0.05, 0) is 48.7 Å². The third-order valence-corrected chi connectivity index (χ3v) is 10.00. The molecule has 4 rings (SSSR count). The van der Waals surface area contributed by atoms with Crippen LogP contribution in [0.2, 0.25) is 5.02 Å². The van der Waals surface area contributed by atoms with E-state index in [1.165, 1.54) is 34.6 Å². The van der Waals surface area contributed by atoms with Gasteiger partial charge in [0.2, 0.25) is 20.0 Å². The Bertz CT molecular complexity index is 1310. The quantitative estimate of drug-likeness (QED) is 0.447. The Morgan fingerprint density at radius 1 is 1.00 bits per heavy atom. The standard InChI is InChI=1S/C24H30ClN3O7S2/c25-22-15-21(36(30,31)27-19-3-1-2-4-19)9-10-23(22)35-17-24(29)26-16-18-5-7-20(8-6-18)37(32,33)28-11-13-34-14-12-28/h5-10,15,19,27H,1-4,11-14,16-17H2,(H,26,29). The Labute approximate surface area is 222 Å². The van der Waals surface area contributed by atoms with Crippen molar-refractivity contribution in [1.29, 1.82) is 0 Å². The van der Waals surface area contributed by atoms with Gasteiger partial charge in [0.05, 0.1) is 28.0 Å². The summed E-state index contributed by atoms with van der Waals surface area (Å²) in [4.78, 5) is 12.5. The van der Waals surface area contributed by atoms with Crippen LogP contribution in [0.4, 0.5) is 0 Å². The topological polar surface area (TPSA) is 131 Å². The maximum absolute atomic E-state index is 12.7. The second-order valence-corrected chi connectivity index (χ2v) is 13.0. The third-order valence-electron chi connectivity index (χ3n) is 6.27. The largest absolute Gasteiger partial charge is 0.482 e. The minimum Gasteiger partial charge on any atom is -0.482 e. The lowest BCUT2D eigenvalue weighted by atomic mass is 10.2. The van der Waals surface area contributed by atoms with Crippen LogP contribution >= 0.6 is 11.6 Å². The summed E-state index contributed by atoms with van der Waals surface area (Å²) < 4.78 is 65.3. The molecule has 0 unspecified atom stereocenters. The summed E-state index contributed by atoms with van der Waals surface area (Å²) in [6.07, 6.45) is 3.65. The van der Waals surface area contributed by atoms with Crippen molar-refractivity contribution < 1.29 is 31.1 Å². The molecule has 1 saturated carbocycles. The zero-order valence-corrected chi connectivity index (χ0v) is 22.6. The van der Waals surface area contributed by atoms with Gasteiger partial charge in [-0.25, -0.2) is 21.6 Å². The molecule has 2 fully saturated rings. The van der Waals surface area contributed by atoms with Gasteiger partial charge in [0.1, 0.15) is 5.75 Å². The van der Waals surface area contributed by atoms with Crippen molar-refractivity contribution >= 4 is 37.6 Å². The molecule has 1 aliphatic heterocycles. The summed E-state index contributed by atoms with van der Waals surface area (Å²) in [5.74, 6) is -0.227. The van der Waals surface area contributed by atoms with Crippen LogP contribution in [0.15, 0.2) is 52.3 Å². The average molecular weight is 572 g/mol. The predicted octanol–water partition coefficient (Wildman–Crippen LogP) is 2.28. The molecule has 1 aliphatic carbocycles. The highest BCUT2D eigenvalue weighted by molar-refractivity contribution is 7.89. The number of hydrogen-bond donors (Lipinski definition) is 2. The first-order chi connectivity index (χ1) is 17.6. The molecule has 0 bridgehead atoms. The van der Waals surface area contributed by atoms with Gasteiger partial charge in [-0.1, -0.05) is 36.6 Å². The van der Waals surface area contributed by atoms with Gasteiger partial charge in [0.15, 0.2) is 6.61 Å². The van der Waals surface area contributed by atoms with Crippen LogP contribution in [0.1, 0.15) is 31.2 Å². The maximum Gasteiger partial charge on any atom is 0.258 e. The van der Waals surface area contributed by atoms with Crippen molar-refractivity contribution in [2.24, 2.45) is 0 Å². The lowest BCUT2D eigenvalue weighted by Crippen LogP contribution is -2.40. The molecular formula is C24H30ClN3O7S2. The van der Waals surface area contributed by atoms with Crippen molar-refractivity contribution in [1.82, 2.24) is 14.3 Å². The molecule has 2 N–H and O–H groups in total. The number of rotatable bonds is 10. The number of carbonyl (C=O) groups is 1. The molecule has 202 valence electrons. The van der Waals surface area contributed by atoms with E-state index >= 15 is 0 Å².